The highest BCUT2D eigenvalue weighted by atomic mass is 16.7. The highest BCUT2D eigenvalue weighted by Crippen LogP contribution is 2.51. The van der Waals surface area contributed by atoms with Crippen molar-refractivity contribution in [3.05, 3.63) is 77.5 Å². The number of pyridine rings is 1. The summed E-state index contributed by atoms with van der Waals surface area (Å²) in [5.41, 5.74) is 3.46. The van der Waals surface area contributed by atoms with Crippen molar-refractivity contribution in [1.29, 1.82) is 0 Å². The average molecular weight is 489 g/mol. The van der Waals surface area contributed by atoms with Crippen LogP contribution in [-0.2, 0) is 27.9 Å². The minimum Gasteiger partial charge on any atom is -0.454 e. The van der Waals surface area contributed by atoms with Crippen molar-refractivity contribution in [3.63, 3.8) is 0 Å². The Kier molecular flexibility index (Phi) is 6.16. The maximum atomic E-state index is 13.3. The van der Waals surface area contributed by atoms with Gasteiger partial charge < -0.3 is 19.5 Å². The van der Waals surface area contributed by atoms with Crippen LogP contribution < -0.4 is 14.8 Å². The quantitative estimate of drug-likeness (QED) is 0.466. The van der Waals surface area contributed by atoms with Gasteiger partial charge in [0.25, 0.3) is 0 Å². The van der Waals surface area contributed by atoms with E-state index >= 15 is 0 Å². The number of ether oxygens (including phenoxy) is 3. The summed E-state index contributed by atoms with van der Waals surface area (Å²) in [6, 6.07) is 19.4. The molecule has 1 fully saturated rings. The lowest BCUT2D eigenvalue weighted by Gasteiger charge is -2.19. The molecule has 2 aromatic carbocycles. The molecule has 2 aliphatic rings. The number of ketones is 1. The summed E-state index contributed by atoms with van der Waals surface area (Å²) in [6.07, 6.45) is 1.51. The molecule has 1 aliphatic carbocycles. The summed E-state index contributed by atoms with van der Waals surface area (Å²) in [4.78, 5) is 30.0. The molecule has 2 heterocycles. The lowest BCUT2D eigenvalue weighted by atomic mass is 9.88. The minimum absolute atomic E-state index is 0. The first-order valence-electron chi connectivity index (χ1n) is 12.2. The van der Waals surface area contributed by atoms with Crippen molar-refractivity contribution in [2.45, 2.75) is 57.6 Å². The van der Waals surface area contributed by atoms with Crippen molar-refractivity contribution < 1.29 is 25.2 Å². The topological polar surface area (TPSA) is 86.8 Å². The molecular weight excluding hydrogens is 456 g/mol. The Bertz CT molecular complexity index is 1300. The molecule has 1 aromatic heterocycles. The van der Waals surface area contributed by atoms with Crippen LogP contribution in [0.5, 0.6) is 11.5 Å². The Balaban J connectivity index is 0.00000320. The molecule has 1 amide bonds. The molecule has 0 bridgehead atoms. The fourth-order valence-electron chi connectivity index (χ4n) is 4.40. The van der Waals surface area contributed by atoms with Gasteiger partial charge >= 0.3 is 6.09 Å². The van der Waals surface area contributed by atoms with Crippen LogP contribution in [0.15, 0.2) is 60.7 Å². The van der Waals surface area contributed by atoms with Gasteiger partial charge in [-0.3, -0.25) is 9.78 Å². The first-order chi connectivity index (χ1) is 17.2. The first kappa shape index (κ1) is 23.9. The first-order valence-corrected chi connectivity index (χ1v) is 12.2. The van der Waals surface area contributed by atoms with Crippen LogP contribution >= 0.6 is 0 Å². The summed E-state index contributed by atoms with van der Waals surface area (Å²) in [5, 5.41) is 2.76. The monoisotopic (exact) mass is 488 g/mol. The summed E-state index contributed by atoms with van der Waals surface area (Å²) in [7, 11) is 0. The van der Waals surface area contributed by atoms with Gasteiger partial charge in [0.05, 0.1) is 11.1 Å². The predicted octanol–water partition coefficient (Wildman–Crippen LogP) is 5.59. The van der Waals surface area contributed by atoms with E-state index in [1.54, 1.807) is 0 Å². The van der Waals surface area contributed by atoms with Crippen LogP contribution in [-0.4, -0.2) is 29.3 Å². The van der Waals surface area contributed by atoms with Crippen molar-refractivity contribution >= 4 is 11.9 Å². The number of Topliss-reactive ketones (excluding diaryl/α,β-unsaturated/α-hetero) is 1. The second-order valence-electron chi connectivity index (χ2n) is 10.3. The van der Waals surface area contributed by atoms with E-state index in [0.29, 0.717) is 12.3 Å². The Morgan fingerprint density at radius 3 is 2.50 bits per heavy atom. The van der Waals surface area contributed by atoms with E-state index in [9.17, 15) is 9.59 Å². The van der Waals surface area contributed by atoms with Crippen molar-refractivity contribution in [2.75, 3.05) is 6.79 Å². The number of hydrogen-bond acceptors (Lipinski definition) is 6. The molecule has 36 heavy (non-hydrogen) atoms. The van der Waals surface area contributed by atoms with E-state index in [1.807, 2.05) is 81.4 Å². The van der Waals surface area contributed by atoms with Gasteiger partial charge in [0, 0.05) is 25.6 Å². The molecule has 0 unspecified atom stereocenters. The van der Waals surface area contributed by atoms with E-state index in [2.05, 4.69) is 5.32 Å². The number of carbonyl (C=O) groups excluding carboxylic acids is 2. The largest absolute Gasteiger partial charge is 0.454 e. The van der Waals surface area contributed by atoms with Crippen LogP contribution in [0.3, 0.4) is 0 Å². The third kappa shape index (κ3) is 5.20. The van der Waals surface area contributed by atoms with Gasteiger partial charge in [-0.05, 0) is 69.0 Å². The number of carbonyl (C=O) groups is 2. The molecule has 7 nitrogen and oxygen atoms in total. The summed E-state index contributed by atoms with van der Waals surface area (Å²) < 4.78 is 16.2. The highest BCUT2D eigenvalue weighted by Gasteiger charge is 2.51. The number of nitrogens with zero attached hydrogens (tertiary/aromatic N) is 1. The molecule has 1 aliphatic heterocycles. The predicted molar refractivity (Wildman–Crippen MR) is 137 cm³/mol. The van der Waals surface area contributed by atoms with Crippen LogP contribution in [0.4, 0.5) is 4.79 Å². The number of benzene rings is 2. The fourth-order valence-corrected chi connectivity index (χ4v) is 4.40. The van der Waals surface area contributed by atoms with Gasteiger partial charge in [-0.2, -0.15) is 0 Å². The highest BCUT2D eigenvalue weighted by molar-refractivity contribution is 5.94. The van der Waals surface area contributed by atoms with Gasteiger partial charge in [-0.1, -0.05) is 36.4 Å². The van der Waals surface area contributed by atoms with E-state index in [4.69, 9.17) is 19.2 Å². The molecule has 0 radical (unpaired) electrons. The van der Waals surface area contributed by atoms with Gasteiger partial charge in [0.15, 0.2) is 11.5 Å². The maximum absolute atomic E-state index is 13.3. The van der Waals surface area contributed by atoms with Crippen molar-refractivity contribution in [3.8, 4) is 22.8 Å². The maximum Gasteiger partial charge on any atom is 0.407 e. The smallest absolute Gasteiger partial charge is 0.407 e. The van der Waals surface area contributed by atoms with Crippen LogP contribution in [0.1, 0.15) is 51.9 Å². The number of amides is 1. The lowest BCUT2D eigenvalue weighted by molar-refractivity contribution is -0.120. The molecule has 0 spiro atoms. The second-order valence-corrected chi connectivity index (χ2v) is 10.3. The van der Waals surface area contributed by atoms with Gasteiger partial charge in [-0.25, -0.2) is 4.79 Å². The molecule has 188 valence electrons. The molecule has 7 heteroatoms. The standard InChI is InChI=1S/C29H30N2O5.H2/c1-28(2,3)36-27(33)30-17-19-7-9-20(10-8-19)23-6-4-5-22(31-23)16-26(32)29(13-14-29)21-11-12-24-25(15-21)35-18-34-24;/h4-12,15H,13-14,16-18H2,1-3H3,(H,30,33);1H. The number of nitrogens with one attached hydrogen (secondary N) is 1. The third-order valence-corrected chi connectivity index (χ3v) is 6.44. The van der Waals surface area contributed by atoms with Gasteiger partial charge in [-0.15, -0.1) is 0 Å². The Morgan fingerprint density at radius 1 is 1.03 bits per heavy atom. The van der Waals surface area contributed by atoms with E-state index in [1.165, 1.54) is 0 Å². The number of fused-ring (bicyclic) bond motifs is 1. The number of aromatic nitrogens is 1. The van der Waals surface area contributed by atoms with Gasteiger partial charge in [0.1, 0.15) is 11.4 Å². The Hall–Kier alpha value is -3.87. The van der Waals surface area contributed by atoms with Crippen LogP contribution in [0, 0.1) is 0 Å². The molecule has 0 atom stereocenters. The van der Waals surface area contributed by atoms with E-state index in [0.717, 1.165) is 46.7 Å². The summed E-state index contributed by atoms with van der Waals surface area (Å²) in [6.45, 7) is 6.09. The average Bonchev–Trinajstić information content (AvgIpc) is 3.53. The third-order valence-electron chi connectivity index (χ3n) is 6.44. The second kappa shape index (κ2) is 9.30. The lowest BCUT2D eigenvalue weighted by Crippen LogP contribution is -2.32. The molecule has 1 N–H and O–H groups in total. The molecule has 1 saturated carbocycles. The fraction of sp³-hybridized carbons (Fsp3) is 0.345. The zero-order valence-electron chi connectivity index (χ0n) is 20.8. The zero-order valence-corrected chi connectivity index (χ0v) is 20.8. The van der Waals surface area contributed by atoms with Crippen LogP contribution in [0.2, 0.25) is 0 Å². The van der Waals surface area contributed by atoms with Crippen molar-refractivity contribution in [2.24, 2.45) is 0 Å². The van der Waals surface area contributed by atoms with E-state index < -0.39 is 17.1 Å². The van der Waals surface area contributed by atoms with Gasteiger partial charge in [0.2, 0.25) is 6.79 Å². The van der Waals surface area contributed by atoms with Crippen molar-refractivity contribution in [1.82, 2.24) is 10.3 Å². The summed E-state index contributed by atoms with van der Waals surface area (Å²) >= 11 is 0. The number of rotatable bonds is 7. The molecule has 0 saturated heterocycles. The molecular formula is C29H32N2O5. The number of hydrogen-bond donors (Lipinski definition) is 1. The molecule has 5 rings (SSSR count). The zero-order chi connectivity index (χ0) is 25.3. The summed E-state index contributed by atoms with van der Waals surface area (Å²) in [5.74, 6) is 1.61. The number of alkyl carbamates (subject to hydrolysis) is 1. The van der Waals surface area contributed by atoms with Crippen LogP contribution in [0.25, 0.3) is 11.3 Å². The Labute approximate surface area is 212 Å². The van der Waals surface area contributed by atoms with E-state index in [-0.39, 0.29) is 20.4 Å². The molecule has 3 aromatic rings. The SMILES string of the molecule is CC(C)(C)OC(=O)NCc1ccc(-c2cccc(CC(=O)C3(c4ccc5c(c4)OCO5)CC3)n2)cc1.[HH]. The minimum atomic E-state index is -0.532. The normalized spacial score (nSPS) is 15.3. The Morgan fingerprint density at radius 2 is 1.78 bits per heavy atom.